The molecule has 0 aromatic carbocycles. The molecule has 6 rings (SSSR count). The highest BCUT2D eigenvalue weighted by Gasteiger charge is 2.36. The zero-order valence-corrected chi connectivity index (χ0v) is 22.8. The van der Waals surface area contributed by atoms with E-state index in [0.717, 1.165) is 80.9 Å². The van der Waals surface area contributed by atoms with Gasteiger partial charge < -0.3 is 10.1 Å². The molecule has 0 radical (unpaired) electrons. The third kappa shape index (κ3) is 3.33. The van der Waals surface area contributed by atoms with Gasteiger partial charge in [-0.1, -0.05) is 20.8 Å². The molecule has 5 heteroatoms. The quantitative estimate of drug-likeness (QED) is 0.544. The highest BCUT2D eigenvalue weighted by Crippen LogP contribution is 2.44. The van der Waals surface area contributed by atoms with Gasteiger partial charge in [0.2, 0.25) is 0 Å². The number of fused-ring (bicyclic) bond motifs is 5. The normalized spacial score (nSPS) is 20.6. The lowest BCUT2D eigenvalue weighted by Crippen LogP contribution is -2.15. The van der Waals surface area contributed by atoms with Gasteiger partial charge in [-0.25, -0.2) is 15.0 Å². The molecule has 5 aliphatic rings. The van der Waals surface area contributed by atoms with E-state index < -0.39 is 0 Å². The topological polar surface area (TPSA) is 73.1 Å². The summed E-state index contributed by atoms with van der Waals surface area (Å²) in [4.78, 5) is 19.0. The van der Waals surface area contributed by atoms with Gasteiger partial charge >= 0.3 is 0 Å². The Morgan fingerprint density at radius 3 is 2.16 bits per heavy atom. The average Bonchev–Trinajstić information content (AvgIpc) is 3.61. The number of hydrogen-bond donors (Lipinski definition) is 2. The number of aromatic nitrogens is 1. The largest absolute Gasteiger partial charge is 0.511 e. The Kier molecular flexibility index (Phi) is 5.37. The van der Waals surface area contributed by atoms with Crippen LogP contribution in [0, 0.1) is 6.92 Å². The predicted octanol–water partition coefficient (Wildman–Crippen LogP) is 5.90. The first-order valence-electron chi connectivity index (χ1n) is 13.4. The maximum absolute atomic E-state index is 11.1. The van der Waals surface area contributed by atoms with Crippen LogP contribution in [0.4, 0.5) is 0 Å². The minimum absolute atomic E-state index is 0.387. The lowest BCUT2D eigenvalue weighted by molar-refractivity contribution is 0.400. The second-order valence-electron chi connectivity index (χ2n) is 10.4. The Hall–Kier alpha value is -3.73. The van der Waals surface area contributed by atoms with Crippen molar-refractivity contribution in [2.24, 2.45) is 15.0 Å². The molecule has 0 unspecified atom stereocenters. The molecular weight excluding hydrogens is 456 g/mol. The molecule has 8 bridgehead atoms. The fourth-order valence-electron chi connectivity index (χ4n) is 6.38. The van der Waals surface area contributed by atoms with E-state index in [4.69, 9.17) is 15.0 Å². The third-order valence-corrected chi connectivity index (χ3v) is 8.52. The van der Waals surface area contributed by atoms with Gasteiger partial charge in [-0.2, -0.15) is 0 Å². The number of aliphatic imine (C=N–C) groups is 3. The van der Waals surface area contributed by atoms with E-state index >= 15 is 0 Å². The van der Waals surface area contributed by atoms with Crippen LogP contribution >= 0.6 is 0 Å². The van der Waals surface area contributed by atoms with Gasteiger partial charge in [-0.15, -0.1) is 0 Å². The average molecular weight is 491 g/mol. The molecule has 1 aromatic rings. The highest BCUT2D eigenvalue weighted by molar-refractivity contribution is 6.26. The number of aliphatic hydroxyl groups is 1. The molecule has 5 heterocycles. The summed E-state index contributed by atoms with van der Waals surface area (Å²) in [5, 5.41) is 13.3. The van der Waals surface area contributed by atoms with Crippen molar-refractivity contribution >= 4 is 29.3 Å². The van der Waals surface area contributed by atoms with E-state index in [-0.39, 0.29) is 0 Å². The summed E-state index contributed by atoms with van der Waals surface area (Å²) in [5.41, 5.74) is 16.0. The van der Waals surface area contributed by atoms with Gasteiger partial charge in [-0.3, -0.25) is 0 Å². The molecule has 37 heavy (non-hydrogen) atoms. The summed E-state index contributed by atoms with van der Waals surface area (Å²) < 4.78 is 0. The highest BCUT2D eigenvalue weighted by atomic mass is 16.3. The van der Waals surface area contributed by atoms with Gasteiger partial charge in [0.15, 0.2) is 0 Å². The summed E-state index contributed by atoms with van der Waals surface area (Å²) in [6, 6.07) is 0. The third-order valence-electron chi connectivity index (χ3n) is 8.52. The molecule has 0 atom stereocenters. The summed E-state index contributed by atoms with van der Waals surface area (Å²) >= 11 is 0. The van der Waals surface area contributed by atoms with Crippen molar-refractivity contribution in [1.29, 1.82) is 0 Å². The summed E-state index contributed by atoms with van der Waals surface area (Å²) in [5.74, 6) is 0.387. The van der Waals surface area contributed by atoms with Gasteiger partial charge in [0, 0.05) is 28.3 Å². The van der Waals surface area contributed by atoms with Crippen LogP contribution in [-0.4, -0.2) is 27.2 Å². The Morgan fingerprint density at radius 2 is 1.46 bits per heavy atom. The second-order valence-corrected chi connectivity index (χ2v) is 10.4. The Balaban J connectivity index is 1.72. The number of nitrogens with zero attached hydrogens (tertiary/aromatic N) is 3. The zero-order chi connectivity index (χ0) is 26.2. The first kappa shape index (κ1) is 23.7. The molecule has 2 N–H and O–H groups in total. The molecular formula is C32H34N4O. The Morgan fingerprint density at radius 1 is 0.784 bits per heavy atom. The molecule has 0 fully saturated rings. The van der Waals surface area contributed by atoms with Crippen LogP contribution in [0.25, 0.3) is 12.2 Å². The molecule has 5 nitrogen and oxygen atoms in total. The van der Waals surface area contributed by atoms with Gasteiger partial charge in [0.25, 0.3) is 0 Å². The van der Waals surface area contributed by atoms with E-state index in [2.05, 4.69) is 71.7 Å². The number of aliphatic hydroxyl groups excluding tert-OH is 1. The molecule has 188 valence electrons. The molecule has 0 amide bonds. The molecule has 0 spiro atoms. The number of H-pyrrole nitrogens is 1. The molecule has 4 aliphatic heterocycles. The van der Waals surface area contributed by atoms with Crippen molar-refractivity contribution < 1.29 is 5.11 Å². The van der Waals surface area contributed by atoms with E-state index in [1.165, 1.54) is 33.4 Å². The summed E-state index contributed by atoms with van der Waals surface area (Å²) in [7, 11) is 0. The molecule has 1 aliphatic carbocycles. The summed E-state index contributed by atoms with van der Waals surface area (Å²) in [6.07, 6.45) is 9.68. The smallest absolute Gasteiger partial charge is 0.106 e. The minimum Gasteiger partial charge on any atom is -0.511 e. The van der Waals surface area contributed by atoms with Crippen LogP contribution in [-0.2, 0) is 6.42 Å². The number of aromatic amines is 1. The monoisotopic (exact) mass is 490 g/mol. The number of allylic oxidation sites excluding steroid dienone is 8. The van der Waals surface area contributed by atoms with E-state index in [0.29, 0.717) is 12.2 Å². The van der Waals surface area contributed by atoms with Crippen molar-refractivity contribution in [3.63, 3.8) is 0 Å². The van der Waals surface area contributed by atoms with Crippen LogP contribution in [0.1, 0.15) is 71.9 Å². The van der Waals surface area contributed by atoms with E-state index in [1.807, 2.05) is 0 Å². The van der Waals surface area contributed by atoms with Gasteiger partial charge in [0.1, 0.15) is 5.76 Å². The van der Waals surface area contributed by atoms with E-state index in [9.17, 15) is 5.11 Å². The Labute approximate surface area is 218 Å². The minimum atomic E-state index is 0.387. The van der Waals surface area contributed by atoms with Crippen LogP contribution < -0.4 is 10.7 Å². The Bertz CT molecular complexity index is 1720. The van der Waals surface area contributed by atoms with Crippen molar-refractivity contribution in [3.8, 4) is 0 Å². The lowest BCUT2D eigenvalue weighted by Gasteiger charge is -2.07. The van der Waals surface area contributed by atoms with Crippen molar-refractivity contribution in [3.05, 3.63) is 89.8 Å². The standard InChI is InChI=1S/C32H34N4O/c1-8-19-15(4)23-12-25-17(6)21(10-3)31(35-25)22-11-29(37)30-18(7)26(36-32(22)30)14-28-20(9-2)16(5)24(34-28)13-27(19)33-23/h12-14,33,37H,8-11H2,1-7H3. The van der Waals surface area contributed by atoms with Crippen molar-refractivity contribution in [2.75, 3.05) is 0 Å². The number of rotatable bonds is 3. The fraction of sp³-hybridized carbons (Fsp3) is 0.344. The van der Waals surface area contributed by atoms with Crippen LogP contribution in [0.15, 0.2) is 82.9 Å². The van der Waals surface area contributed by atoms with Gasteiger partial charge in [0.05, 0.1) is 34.2 Å². The van der Waals surface area contributed by atoms with Crippen molar-refractivity contribution in [1.82, 2.24) is 4.98 Å². The lowest BCUT2D eigenvalue weighted by atomic mass is 9.97. The number of nitrogens with one attached hydrogen (secondary N) is 1. The molecule has 1 aromatic heterocycles. The zero-order valence-electron chi connectivity index (χ0n) is 22.8. The summed E-state index contributed by atoms with van der Waals surface area (Å²) in [6.45, 7) is 15.1. The maximum Gasteiger partial charge on any atom is 0.106 e. The second kappa shape index (κ2) is 8.41. The van der Waals surface area contributed by atoms with Crippen LogP contribution in [0.3, 0.4) is 0 Å². The maximum atomic E-state index is 11.1. The molecule has 0 saturated heterocycles. The van der Waals surface area contributed by atoms with E-state index in [1.54, 1.807) is 0 Å². The van der Waals surface area contributed by atoms with Crippen molar-refractivity contribution in [2.45, 2.75) is 74.1 Å². The van der Waals surface area contributed by atoms with Crippen LogP contribution in [0.2, 0.25) is 0 Å². The van der Waals surface area contributed by atoms with Gasteiger partial charge in [-0.05, 0) is 104 Å². The first-order valence-corrected chi connectivity index (χ1v) is 13.4. The SMILES string of the molecule is CCC1=C(C)C2=NC1=CC1=C(C)C3=C(O)CC(=C4N=C(C=c5[nH]c(c(CC)c5C)=C2)C(C)=C4CC)C3=N1. The first-order chi connectivity index (χ1) is 17.8. The molecule has 0 saturated carbocycles. The number of hydrogen-bond acceptors (Lipinski definition) is 4. The fourth-order valence-corrected chi connectivity index (χ4v) is 6.38. The van der Waals surface area contributed by atoms with Crippen LogP contribution in [0.5, 0.6) is 0 Å². The predicted molar refractivity (Wildman–Crippen MR) is 153 cm³/mol.